The molecule has 7 heteroatoms. The van der Waals surface area contributed by atoms with Crippen LogP contribution in [0.15, 0.2) is 18.2 Å². The lowest BCUT2D eigenvalue weighted by Crippen LogP contribution is -2.27. The molecular weight excluding hydrogens is 256 g/mol. The van der Waals surface area contributed by atoms with E-state index in [0.717, 1.165) is 0 Å². The SMILES string of the molecule is O=C(O)C[C@H](OCCc1ccc(O)c(O)c1)C(=O)O. The second-order valence-corrected chi connectivity index (χ2v) is 3.87. The van der Waals surface area contributed by atoms with Gasteiger partial charge in [0.1, 0.15) is 0 Å². The molecule has 1 rings (SSSR count). The quantitative estimate of drug-likeness (QED) is 0.534. The van der Waals surface area contributed by atoms with Gasteiger partial charge in [0.05, 0.1) is 13.0 Å². The van der Waals surface area contributed by atoms with Crippen molar-refractivity contribution in [3.05, 3.63) is 23.8 Å². The standard InChI is InChI=1S/C12H14O7/c13-8-2-1-7(5-9(8)14)3-4-19-10(12(17)18)6-11(15)16/h1-2,5,10,13-14H,3-4,6H2,(H,15,16)(H,17,18)/t10-/m0/s1. The number of aromatic hydroxyl groups is 2. The summed E-state index contributed by atoms with van der Waals surface area (Å²) in [6, 6.07) is 4.17. The lowest BCUT2D eigenvalue weighted by atomic mass is 10.1. The van der Waals surface area contributed by atoms with Crippen molar-refractivity contribution in [2.75, 3.05) is 6.61 Å². The fourth-order valence-corrected chi connectivity index (χ4v) is 1.42. The number of carboxylic acid groups (broad SMARTS) is 2. The van der Waals surface area contributed by atoms with E-state index in [-0.39, 0.29) is 24.5 Å². The maximum atomic E-state index is 10.7. The number of phenolic OH excluding ortho intramolecular Hbond substituents is 2. The predicted molar refractivity (Wildman–Crippen MR) is 63.1 cm³/mol. The molecule has 0 aliphatic heterocycles. The first kappa shape index (κ1) is 14.8. The average molecular weight is 270 g/mol. The zero-order valence-electron chi connectivity index (χ0n) is 9.94. The van der Waals surface area contributed by atoms with Gasteiger partial charge in [0, 0.05) is 0 Å². The fraction of sp³-hybridized carbons (Fsp3) is 0.333. The Kier molecular flexibility index (Phi) is 5.13. The fourth-order valence-electron chi connectivity index (χ4n) is 1.42. The van der Waals surface area contributed by atoms with Gasteiger partial charge in [-0.1, -0.05) is 6.07 Å². The van der Waals surface area contributed by atoms with Crippen molar-refractivity contribution in [1.82, 2.24) is 0 Å². The summed E-state index contributed by atoms with van der Waals surface area (Å²) < 4.78 is 4.96. The summed E-state index contributed by atoms with van der Waals surface area (Å²) in [5, 5.41) is 35.6. The van der Waals surface area contributed by atoms with Gasteiger partial charge in [-0.3, -0.25) is 4.79 Å². The van der Waals surface area contributed by atoms with Crippen LogP contribution >= 0.6 is 0 Å². The van der Waals surface area contributed by atoms with E-state index in [1.54, 1.807) is 6.07 Å². The minimum Gasteiger partial charge on any atom is -0.504 e. The molecule has 0 aromatic heterocycles. The van der Waals surface area contributed by atoms with Crippen LogP contribution in [0.1, 0.15) is 12.0 Å². The number of hydrogen-bond donors (Lipinski definition) is 4. The van der Waals surface area contributed by atoms with E-state index in [2.05, 4.69) is 0 Å². The molecule has 0 spiro atoms. The van der Waals surface area contributed by atoms with Gasteiger partial charge < -0.3 is 25.2 Å². The zero-order chi connectivity index (χ0) is 14.4. The van der Waals surface area contributed by atoms with E-state index in [1.807, 2.05) is 0 Å². The maximum absolute atomic E-state index is 10.7. The Morgan fingerprint density at radius 2 is 1.84 bits per heavy atom. The van der Waals surface area contributed by atoms with Crippen molar-refractivity contribution in [1.29, 1.82) is 0 Å². The third-order valence-corrected chi connectivity index (χ3v) is 2.39. The summed E-state index contributed by atoms with van der Waals surface area (Å²) in [4.78, 5) is 21.1. The van der Waals surface area contributed by atoms with Gasteiger partial charge in [0.15, 0.2) is 17.6 Å². The molecule has 0 unspecified atom stereocenters. The molecule has 0 fully saturated rings. The van der Waals surface area contributed by atoms with Gasteiger partial charge in [0.2, 0.25) is 0 Å². The number of rotatable bonds is 7. The van der Waals surface area contributed by atoms with Crippen molar-refractivity contribution in [2.24, 2.45) is 0 Å². The van der Waals surface area contributed by atoms with Gasteiger partial charge in [0.25, 0.3) is 0 Å². The molecule has 1 atom stereocenters. The molecule has 19 heavy (non-hydrogen) atoms. The Morgan fingerprint density at radius 1 is 1.16 bits per heavy atom. The van der Waals surface area contributed by atoms with Crippen LogP contribution in [0.25, 0.3) is 0 Å². The minimum absolute atomic E-state index is 0.00549. The molecule has 0 radical (unpaired) electrons. The van der Waals surface area contributed by atoms with Crippen LogP contribution in [0.4, 0.5) is 0 Å². The maximum Gasteiger partial charge on any atom is 0.333 e. The second kappa shape index (κ2) is 6.60. The Labute approximate surface area is 108 Å². The highest BCUT2D eigenvalue weighted by atomic mass is 16.5. The number of hydrogen-bond acceptors (Lipinski definition) is 5. The first-order valence-corrected chi connectivity index (χ1v) is 5.47. The summed E-state index contributed by atoms with van der Waals surface area (Å²) in [6.45, 7) is -0.00549. The molecule has 1 aromatic rings. The minimum atomic E-state index is -1.40. The van der Waals surface area contributed by atoms with Crippen LogP contribution in [-0.4, -0.2) is 45.1 Å². The predicted octanol–water partition coefficient (Wildman–Crippen LogP) is 0.585. The highest BCUT2D eigenvalue weighted by molar-refractivity contribution is 5.79. The van der Waals surface area contributed by atoms with Crippen molar-refractivity contribution >= 4 is 11.9 Å². The molecule has 0 aliphatic rings. The molecule has 0 saturated carbocycles. The number of benzene rings is 1. The van der Waals surface area contributed by atoms with Gasteiger partial charge in [-0.2, -0.15) is 0 Å². The van der Waals surface area contributed by atoms with Crippen LogP contribution in [0.3, 0.4) is 0 Å². The lowest BCUT2D eigenvalue weighted by Gasteiger charge is -2.11. The van der Waals surface area contributed by atoms with E-state index < -0.39 is 24.5 Å². The summed E-state index contributed by atoms with van der Waals surface area (Å²) in [6.07, 6.45) is -1.73. The molecule has 0 aliphatic carbocycles. The van der Waals surface area contributed by atoms with E-state index in [4.69, 9.17) is 20.1 Å². The van der Waals surface area contributed by atoms with Crippen molar-refractivity contribution in [3.63, 3.8) is 0 Å². The molecule has 0 amide bonds. The highest BCUT2D eigenvalue weighted by Gasteiger charge is 2.21. The summed E-state index contributed by atoms with van der Waals surface area (Å²) in [5.41, 5.74) is 0.634. The van der Waals surface area contributed by atoms with E-state index in [1.165, 1.54) is 12.1 Å². The van der Waals surface area contributed by atoms with Crippen LogP contribution in [-0.2, 0) is 20.7 Å². The topological polar surface area (TPSA) is 124 Å². The van der Waals surface area contributed by atoms with Gasteiger partial charge >= 0.3 is 11.9 Å². The number of carboxylic acids is 2. The van der Waals surface area contributed by atoms with E-state index in [0.29, 0.717) is 5.56 Å². The molecular formula is C12H14O7. The molecule has 7 nitrogen and oxygen atoms in total. The third-order valence-electron chi connectivity index (χ3n) is 2.39. The Hall–Kier alpha value is -2.28. The normalized spacial score (nSPS) is 12.0. The lowest BCUT2D eigenvalue weighted by molar-refractivity contribution is -0.156. The van der Waals surface area contributed by atoms with Crippen LogP contribution in [0.5, 0.6) is 11.5 Å². The smallest absolute Gasteiger partial charge is 0.333 e. The molecule has 1 aromatic carbocycles. The van der Waals surface area contributed by atoms with Crippen molar-refractivity contribution in [2.45, 2.75) is 18.9 Å². The molecule has 104 valence electrons. The monoisotopic (exact) mass is 270 g/mol. The number of carbonyl (C=O) groups is 2. The van der Waals surface area contributed by atoms with E-state index in [9.17, 15) is 14.7 Å². The molecule has 0 saturated heterocycles. The first-order valence-electron chi connectivity index (χ1n) is 5.47. The Balaban J connectivity index is 2.49. The third kappa shape index (κ3) is 4.84. The molecule has 0 bridgehead atoms. The van der Waals surface area contributed by atoms with Crippen LogP contribution in [0.2, 0.25) is 0 Å². The van der Waals surface area contributed by atoms with Gasteiger partial charge in [-0.25, -0.2) is 4.79 Å². The number of ether oxygens (including phenoxy) is 1. The molecule has 0 heterocycles. The Bertz CT molecular complexity index is 469. The largest absolute Gasteiger partial charge is 0.504 e. The van der Waals surface area contributed by atoms with Crippen LogP contribution in [0, 0.1) is 0 Å². The van der Waals surface area contributed by atoms with Gasteiger partial charge in [-0.15, -0.1) is 0 Å². The number of aliphatic carboxylic acids is 2. The average Bonchev–Trinajstić information content (AvgIpc) is 2.31. The first-order chi connectivity index (χ1) is 8.90. The Morgan fingerprint density at radius 3 is 2.37 bits per heavy atom. The molecule has 4 N–H and O–H groups in total. The highest BCUT2D eigenvalue weighted by Crippen LogP contribution is 2.25. The van der Waals surface area contributed by atoms with Crippen molar-refractivity contribution < 1.29 is 34.8 Å². The van der Waals surface area contributed by atoms with Crippen LogP contribution < -0.4 is 0 Å². The zero-order valence-corrected chi connectivity index (χ0v) is 9.94. The summed E-state index contributed by atoms with van der Waals surface area (Å²) in [7, 11) is 0. The number of phenols is 2. The van der Waals surface area contributed by atoms with E-state index >= 15 is 0 Å². The summed E-state index contributed by atoms with van der Waals surface area (Å²) >= 11 is 0. The second-order valence-electron chi connectivity index (χ2n) is 3.87. The van der Waals surface area contributed by atoms with Gasteiger partial charge in [-0.05, 0) is 24.1 Å². The summed E-state index contributed by atoms with van der Waals surface area (Å²) in [5.74, 6) is -3.12. The van der Waals surface area contributed by atoms with Crippen molar-refractivity contribution in [3.8, 4) is 11.5 Å².